The smallest absolute Gasteiger partial charge is 0.274 e. The highest BCUT2D eigenvalue weighted by atomic mass is 16.1. The van der Waals surface area contributed by atoms with E-state index in [-0.39, 0.29) is 5.91 Å². The molecule has 27 heavy (non-hydrogen) atoms. The molecule has 3 rings (SSSR count). The Kier molecular flexibility index (Phi) is 5.48. The van der Waals surface area contributed by atoms with E-state index in [1.165, 1.54) is 5.56 Å². The molecule has 0 aliphatic heterocycles. The van der Waals surface area contributed by atoms with E-state index in [2.05, 4.69) is 41.6 Å². The molecule has 0 atom stereocenters. The molecule has 0 aliphatic rings. The molecule has 5 heteroatoms. The van der Waals surface area contributed by atoms with Crippen LogP contribution in [0.1, 0.15) is 34.1 Å². The molecular weight excluding hydrogens is 336 g/mol. The summed E-state index contributed by atoms with van der Waals surface area (Å²) in [6.07, 6.45) is 2.59. The summed E-state index contributed by atoms with van der Waals surface area (Å²) in [7, 11) is 0. The first-order valence-corrected chi connectivity index (χ1v) is 8.73. The van der Waals surface area contributed by atoms with Crippen molar-refractivity contribution in [3.05, 3.63) is 83.2 Å². The van der Waals surface area contributed by atoms with E-state index < -0.39 is 0 Å². The molecular formula is C22H20N4O. The molecule has 0 spiro atoms. The number of anilines is 3. The van der Waals surface area contributed by atoms with Crippen LogP contribution >= 0.6 is 0 Å². The summed E-state index contributed by atoms with van der Waals surface area (Å²) in [5, 5.41) is 15.0. The summed E-state index contributed by atoms with van der Waals surface area (Å²) in [5.74, 6) is -0.295. The van der Waals surface area contributed by atoms with Crippen molar-refractivity contribution in [1.29, 1.82) is 5.26 Å². The van der Waals surface area contributed by atoms with Crippen molar-refractivity contribution < 1.29 is 4.79 Å². The molecule has 0 saturated heterocycles. The molecule has 1 amide bonds. The minimum atomic E-state index is -0.295. The number of hydrogen-bond acceptors (Lipinski definition) is 4. The summed E-state index contributed by atoms with van der Waals surface area (Å²) < 4.78 is 0. The number of pyridine rings is 1. The standard InChI is InChI=1S/C22H20N4O/c1-3-17-6-4-5-15(2)21(17)25-19-11-12-20(24-14-19)22(27)26-18-9-7-16(13-23)8-10-18/h4-12,14,25H,3H2,1-2H3,(H,26,27). The number of carbonyl (C=O) groups excluding carboxylic acids is 1. The molecule has 0 unspecified atom stereocenters. The second-order valence-corrected chi connectivity index (χ2v) is 6.16. The summed E-state index contributed by atoms with van der Waals surface area (Å²) in [4.78, 5) is 16.6. The number of nitrogens with one attached hydrogen (secondary N) is 2. The van der Waals surface area contributed by atoms with Crippen molar-refractivity contribution in [2.45, 2.75) is 20.3 Å². The molecule has 1 aromatic heterocycles. The van der Waals surface area contributed by atoms with Gasteiger partial charge in [0.05, 0.1) is 23.5 Å². The fraction of sp³-hybridized carbons (Fsp3) is 0.136. The van der Waals surface area contributed by atoms with Crippen molar-refractivity contribution in [2.75, 3.05) is 10.6 Å². The Labute approximate surface area is 158 Å². The lowest BCUT2D eigenvalue weighted by Gasteiger charge is -2.14. The van der Waals surface area contributed by atoms with Gasteiger partial charge >= 0.3 is 0 Å². The molecule has 2 aromatic carbocycles. The van der Waals surface area contributed by atoms with Gasteiger partial charge in [-0.05, 0) is 60.9 Å². The maximum atomic E-state index is 12.3. The van der Waals surface area contributed by atoms with Crippen molar-refractivity contribution >= 4 is 23.0 Å². The van der Waals surface area contributed by atoms with Crippen LogP contribution in [0.15, 0.2) is 60.8 Å². The van der Waals surface area contributed by atoms with Crippen LogP contribution in [-0.2, 0) is 6.42 Å². The van der Waals surface area contributed by atoms with Gasteiger partial charge in [0.2, 0.25) is 0 Å². The van der Waals surface area contributed by atoms with Crippen molar-refractivity contribution in [1.82, 2.24) is 4.98 Å². The summed E-state index contributed by atoms with van der Waals surface area (Å²) >= 11 is 0. The molecule has 0 aliphatic carbocycles. The molecule has 134 valence electrons. The van der Waals surface area contributed by atoms with E-state index in [0.717, 1.165) is 23.4 Å². The average molecular weight is 356 g/mol. The van der Waals surface area contributed by atoms with E-state index in [4.69, 9.17) is 5.26 Å². The van der Waals surface area contributed by atoms with Gasteiger partial charge in [-0.25, -0.2) is 4.98 Å². The first-order valence-electron chi connectivity index (χ1n) is 8.73. The van der Waals surface area contributed by atoms with Gasteiger partial charge in [-0.3, -0.25) is 4.79 Å². The Hall–Kier alpha value is -3.65. The van der Waals surface area contributed by atoms with Crippen LogP contribution in [0.4, 0.5) is 17.1 Å². The van der Waals surface area contributed by atoms with Crippen LogP contribution in [0, 0.1) is 18.3 Å². The van der Waals surface area contributed by atoms with Crippen LogP contribution in [0.5, 0.6) is 0 Å². The van der Waals surface area contributed by atoms with Crippen LogP contribution in [0.25, 0.3) is 0 Å². The van der Waals surface area contributed by atoms with Gasteiger partial charge in [-0.1, -0.05) is 25.1 Å². The van der Waals surface area contributed by atoms with Crippen LogP contribution in [-0.4, -0.2) is 10.9 Å². The molecule has 0 bridgehead atoms. The van der Waals surface area contributed by atoms with E-state index in [9.17, 15) is 4.79 Å². The minimum Gasteiger partial charge on any atom is -0.354 e. The molecule has 0 radical (unpaired) electrons. The number of nitrogens with zero attached hydrogens (tertiary/aromatic N) is 2. The Morgan fingerprint density at radius 2 is 1.81 bits per heavy atom. The number of aromatic nitrogens is 1. The average Bonchev–Trinajstić information content (AvgIpc) is 2.70. The first kappa shape index (κ1) is 18.2. The highest BCUT2D eigenvalue weighted by Gasteiger charge is 2.09. The second-order valence-electron chi connectivity index (χ2n) is 6.16. The Morgan fingerprint density at radius 1 is 1.07 bits per heavy atom. The molecule has 1 heterocycles. The number of hydrogen-bond donors (Lipinski definition) is 2. The van der Waals surface area contributed by atoms with Gasteiger partial charge in [-0.15, -0.1) is 0 Å². The normalized spacial score (nSPS) is 10.1. The monoisotopic (exact) mass is 356 g/mol. The van der Waals surface area contributed by atoms with Crippen LogP contribution < -0.4 is 10.6 Å². The predicted octanol–water partition coefficient (Wildman–Crippen LogP) is 4.82. The van der Waals surface area contributed by atoms with Gasteiger partial charge < -0.3 is 10.6 Å². The zero-order chi connectivity index (χ0) is 19.2. The van der Waals surface area contributed by atoms with Gasteiger partial charge in [0, 0.05) is 11.4 Å². The lowest BCUT2D eigenvalue weighted by molar-refractivity contribution is 0.102. The number of aryl methyl sites for hydroxylation is 2. The quantitative estimate of drug-likeness (QED) is 0.687. The van der Waals surface area contributed by atoms with E-state index in [0.29, 0.717) is 16.9 Å². The lowest BCUT2D eigenvalue weighted by atomic mass is 10.1. The highest BCUT2D eigenvalue weighted by molar-refractivity contribution is 6.03. The van der Waals surface area contributed by atoms with Crippen molar-refractivity contribution in [3.8, 4) is 6.07 Å². The maximum Gasteiger partial charge on any atom is 0.274 e. The van der Waals surface area contributed by atoms with E-state index >= 15 is 0 Å². The predicted molar refractivity (Wildman–Crippen MR) is 107 cm³/mol. The first-order chi connectivity index (χ1) is 13.1. The number of rotatable bonds is 5. The molecule has 5 nitrogen and oxygen atoms in total. The molecule has 3 aromatic rings. The van der Waals surface area contributed by atoms with Gasteiger partial charge in [-0.2, -0.15) is 5.26 Å². The van der Waals surface area contributed by atoms with Crippen molar-refractivity contribution in [3.63, 3.8) is 0 Å². The number of benzene rings is 2. The number of para-hydroxylation sites is 1. The topological polar surface area (TPSA) is 77.8 Å². The Bertz CT molecular complexity index is 986. The fourth-order valence-electron chi connectivity index (χ4n) is 2.77. The van der Waals surface area contributed by atoms with Crippen molar-refractivity contribution in [2.24, 2.45) is 0 Å². The maximum absolute atomic E-state index is 12.3. The zero-order valence-corrected chi connectivity index (χ0v) is 15.3. The summed E-state index contributed by atoms with van der Waals surface area (Å²) in [6.45, 7) is 4.18. The third kappa shape index (κ3) is 4.31. The zero-order valence-electron chi connectivity index (χ0n) is 15.3. The summed E-state index contributed by atoms with van der Waals surface area (Å²) in [6, 6.07) is 18.5. The van der Waals surface area contributed by atoms with Gasteiger partial charge in [0.25, 0.3) is 5.91 Å². The number of amides is 1. The minimum absolute atomic E-state index is 0.295. The van der Waals surface area contributed by atoms with Gasteiger partial charge in [0.1, 0.15) is 5.69 Å². The third-order valence-electron chi connectivity index (χ3n) is 4.28. The van der Waals surface area contributed by atoms with Gasteiger partial charge in [0.15, 0.2) is 0 Å². The third-order valence-corrected chi connectivity index (χ3v) is 4.28. The number of nitriles is 1. The summed E-state index contributed by atoms with van der Waals surface area (Å²) in [5.41, 5.74) is 5.80. The fourth-order valence-corrected chi connectivity index (χ4v) is 2.77. The largest absolute Gasteiger partial charge is 0.354 e. The number of carbonyl (C=O) groups is 1. The Morgan fingerprint density at radius 3 is 2.44 bits per heavy atom. The highest BCUT2D eigenvalue weighted by Crippen LogP contribution is 2.25. The van der Waals surface area contributed by atoms with Crippen LogP contribution in [0.2, 0.25) is 0 Å². The van der Waals surface area contributed by atoms with E-state index in [1.54, 1.807) is 36.5 Å². The van der Waals surface area contributed by atoms with E-state index in [1.807, 2.05) is 18.2 Å². The second kappa shape index (κ2) is 8.15. The Balaban J connectivity index is 1.71. The lowest BCUT2D eigenvalue weighted by Crippen LogP contribution is -2.13. The SMILES string of the molecule is CCc1cccc(C)c1Nc1ccc(C(=O)Nc2ccc(C#N)cc2)nc1. The molecule has 0 saturated carbocycles. The van der Waals surface area contributed by atoms with Crippen LogP contribution in [0.3, 0.4) is 0 Å². The molecule has 2 N–H and O–H groups in total. The molecule has 0 fully saturated rings.